The number of alkyl halides is 7. The van der Waals surface area contributed by atoms with E-state index < -0.39 is 23.6 Å². The summed E-state index contributed by atoms with van der Waals surface area (Å²) >= 11 is 1.88. The van der Waals surface area contributed by atoms with E-state index in [0.717, 1.165) is 10.6 Å². The van der Waals surface area contributed by atoms with Crippen LogP contribution in [-0.4, -0.2) is 19.5 Å². The van der Waals surface area contributed by atoms with Crippen LogP contribution in [0.1, 0.15) is 22.6 Å². The van der Waals surface area contributed by atoms with E-state index in [0.29, 0.717) is 17.1 Å². The number of nitrogens with one attached hydrogen (secondary N) is 1. The monoisotopic (exact) mass is 524 g/mol. The van der Waals surface area contributed by atoms with Crippen LogP contribution in [0.5, 0.6) is 0 Å². The van der Waals surface area contributed by atoms with Gasteiger partial charge < -0.3 is 9.55 Å². The van der Waals surface area contributed by atoms with Gasteiger partial charge in [0.15, 0.2) is 5.65 Å². The molecule has 0 unspecified atom stereocenters. The summed E-state index contributed by atoms with van der Waals surface area (Å²) < 4.78 is 81.3. The summed E-state index contributed by atoms with van der Waals surface area (Å²) in [6.45, 7) is -0.288. The van der Waals surface area contributed by atoms with Gasteiger partial charge in [-0.05, 0) is 17.7 Å². The third kappa shape index (κ3) is 3.55. The first-order valence-corrected chi connectivity index (χ1v) is 9.77. The lowest BCUT2D eigenvalue weighted by Gasteiger charge is -2.13. The van der Waals surface area contributed by atoms with Crippen LogP contribution in [0.15, 0.2) is 36.5 Å². The predicted octanol–water partition coefficient (Wildman–Crippen LogP) is 5.93. The van der Waals surface area contributed by atoms with Gasteiger partial charge in [0, 0.05) is 21.5 Å². The second kappa shape index (κ2) is 6.89. The van der Waals surface area contributed by atoms with E-state index in [9.17, 15) is 26.3 Å². The maximum absolute atomic E-state index is 13.8. The van der Waals surface area contributed by atoms with Crippen molar-refractivity contribution in [1.29, 1.82) is 0 Å². The molecule has 0 aliphatic rings. The number of nitrogens with zero attached hydrogens (tertiary/aromatic N) is 3. The number of benzene rings is 1. The summed E-state index contributed by atoms with van der Waals surface area (Å²) in [4.78, 5) is 10.4. The minimum absolute atomic E-state index is 0.00661. The van der Waals surface area contributed by atoms with Crippen LogP contribution >= 0.6 is 22.6 Å². The summed E-state index contributed by atoms with van der Waals surface area (Å²) in [7, 11) is 0. The molecular formula is C18H11F6IN4. The molecule has 1 aromatic carbocycles. The van der Waals surface area contributed by atoms with Gasteiger partial charge in [0.1, 0.15) is 11.5 Å². The van der Waals surface area contributed by atoms with E-state index in [1.807, 2.05) is 22.6 Å². The number of hydrogen-bond donors (Lipinski definition) is 1. The molecule has 11 heteroatoms. The van der Waals surface area contributed by atoms with E-state index >= 15 is 0 Å². The first kappa shape index (κ1) is 20.0. The molecule has 0 aliphatic carbocycles. The molecule has 4 rings (SSSR count). The molecule has 4 nitrogen and oxygen atoms in total. The van der Waals surface area contributed by atoms with Crippen molar-refractivity contribution in [2.45, 2.75) is 23.3 Å². The molecule has 0 saturated carbocycles. The number of rotatable bonds is 3. The minimum Gasteiger partial charge on any atom is -0.339 e. The average Bonchev–Trinajstić information content (AvgIpc) is 3.18. The second-order valence-electron chi connectivity index (χ2n) is 6.34. The SMILES string of the molecule is FC(F)(F)c1cnc2nc(Cn3c(C(F)(F)F)c(CI)c4ccccc43)[nH]c2c1. The summed E-state index contributed by atoms with van der Waals surface area (Å²) in [5, 5.41) is 0.475. The number of hydrogen-bond acceptors (Lipinski definition) is 2. The van der Waals surface area contributed by atoms with Gasteiger partial charge in [0.05, 0.1) is 17.6 Å². The number of para-hydroxylation sites is 1. The van der Waals surface area contributed by atoms with Crippen molar-refractivity contribution in [3.63, 3.8) is 0 Å². The fourth-order valence-corrected chi connectivity index (χ4v) is 4.10. The number of imidazole rings is 1. The fraction of sp³-hybridized carbons (Fsp3) is 0.222. The summed E-state index contributed by atoms with van der Waals surface area (Å²) in [5.41, 5.74) is -1.22. The second-order valence-corrected chi connectivity index (χ2v) is 7.10. The normalized spacial score (nSPS) is 12.9. The number of halogens is 7. The van der Waals surface area contributed by atoms with Crippen LogP contribution in [0.2, 0.25) is 0 Å². The Morgan fingerprint density at radius 3 is 2.41 bits per heavy atom. The van der Waals surface area contributed by atoms with Gasteiger partial charge in [-0.25, -0.2) is 9.97 Å². The highest BCUT2D eigenvalue weighted by molar-refractivity contribution is 14.1. The molecule has 0 fully saturated rings. The molecular weight excluding hydrogens is 513 g/mol. The molecule has 4 aromatic rings. The third-order valence-electron chi connectivity index (χ3n) is 4.50. The third-order valence-corrected chi connectivity index (χ3v) is 5.26. The van der Waals surface area contributed by atoms with Crippen LogP contribution in [0, 0.1) is 0 Å². The van der Waals surface area contributed by atoms with Gasteiger partial charge in [0.2, 0.25) is 0 Å². The zero-order chi connectivity index (χ0) is 21.0. The van der Waals surface area contributed by atoms with Crippen LogP contribution in [0.3, 0.4) is 0 Å². The molecule has 0 bridgehead atoms. The average molecular weight is 524 g/mol. The van der Waals surface area contributed by atoms with Crippen molar-refractivity contribution >= 4 is 44.7 Å². The molecule has 0 spiro atoms. The van der Waals surface area contributed by atoms with Crippen LogP contribution in [0.25, 0.3) is 22.1 Å². The molecule has 0 amide bonds. The highest BCUT2D eigenvalue weighted by atomic mass is 127. The molecule has 0 saturated heterocycles. The lowest BCUT2D eigenvalue weighted by molar-refractivity contribution is -0.143. The molecule has 3 heterocycles. The van der Waals surface area contributed by atoms with Crippen molar-refractivity contribution in [2.24, 2.45) is 0 Å². The number of fused-ring (bicyclic) bond motifs is 2. The fourth-order valence-electron chi connectivity index (χ4n) is 3.33. The van der Waals surface area contributed by atoms with Crippen molar-refractivity contribution < 1.29 is 26.3 Å². The highest BCUT2D eigenvalue weighted by Crippen LogP contribution is 2.39. The molecule has 1 N–H and O–H groups in total. The summed E-state index contributed by atoms with van der Waals surface area (Å²) in [6, 6.07) is 7.32. The van der Waals surface area contributed by atoms with Gasteiger partial charge in [-0.3, -0.25) is 0 Å². The standard InChI is InChI=1S/C18H11F6IN4/c19-17(20,21)9-5-12-16(26-7-9)28-14(27-12)8-29-13-4-2-1-3-10(13)11(6-25)15(29)18(22,23)24/h1-5,7H,6,8H2,(H,26,27,28). The van der Waals surface area contributed by atoms with Gasteiger partial charge in [0.25, 0.3) is 0 Å². The lowest BCUT2D eigenvalue weighted by Crippen LogP contribution is -2.16. The zero-order valence-electron chi connectivity index (χ0n) is 14.4. The Morgan fingerprint density at radius 2 is 1.76 bits per heavy atom. The smallest absolute Gasteiger partial charge is 0.339 e. The summed E-state index contributed by atoms with van der Waals surface area (Å²) in [6.07, 6.45) is -8.54. The summed E-state index contributed by atoms with van der Waals surface area (Å²) in [5.74, 6) is 0.0816. The van der Waals surface area contributed by atoms with E-state index in [2.05, 4.69) is 15.0 Å². The van der Waals surface area contributed by atoms with Crippen molar-refractivity contribution in [2.75, 3.05) is 0 Å². The largest absolute Gasteiger partial charge is 0.431 e. The lowest BCUT2D eigenvalue weighted by atomic mass is 10.1. The number of aromatic amines is 1. The van der Waals surface area contributed by atoms with Crippen LogP contribution in [-0.2, 0) is 23.3 Å². The molecule has 0 aliphatic heterocycles. The van der Waals surface area contributed by atoms with Gasteiger partial charge in [-0.15, -0.1) is 0 Å². The zero-order valence-corrected chi connectivity index (χ0v) is 16.5. The highest BCUT2D eigenvalue weighted by Gasteiger charge is 2.39. The number of pyridine rings is 1. The first-order valence-electron chi connectivity index (χ1n) is 8.24. The molecule has 0 atom stereocenters. The van der Waals surface area contributed by atoms with E-state index in [1.54, 1.807) is 24.3 Å². The van der Waals surface area contributed by atoms with Crippen molar-refractivity contribution in [3.05, 3.63) is 59.2 Å². The number of aromatic nitrogens is 4. The maximum atomic E-state index is 13.8. The van der Waals surface area contributed by atoms with E-state index in [-0.39, 0.29) is 33.5 Å². The Balaban J connectivity index is 1.86. The topological polar surface area (TPSA) is 46.5 Å². The van der Waals surface area contributed by atoms with Crippen molar-refractivity contribution in [3.8, 4) is 0 Å². The maximum Gasteiger partial charge on any atom is 0.431 e. The Hall–Kier alpha value is -2.31. The van der Waals surface area contributed by atoms with Gasteiger partial charge >= 0.3 is 12.4 Å². The van der Waals surface area contributed by atoms with Crippen LogP contribution < -0.4 is 0 Å². The molecule has 29 heavy (non-hydrogen) atoms. The van der Waals surface area contributed by atoms with E-state index in [4.69, 9.17) is 0 Å². The van der Waals surface area contributed by atoms with E-state index in [1.165, 1.54) is 0 Å². The van der Waals surface area contributed by atoms with Gasteiger partial charge in [-0.1, -0.05) is 40.8 Å². The quantitative estimate of drug-likeness (QED) is 0.205. The Labute approximate surface area is 173 Å². The molecule has 0 radical (unpaired) electrons. The Kier molecular flexibility index (Phi) is 4.74. The molecule has 152 valence electrons. The Morgan fingerprint density at radius 1 is 1.03 bits per heavy atom. The Bertz CT molecular complexity index is 1200. The minimum atomic E-state index is -4.60. The van der Waals surface area contributed by atoms with Gasteiger partial charge in [-0.2, -0.15) is 26.3 Å². The van der Waals surface area contributed by atoms with Crippen molar-refractivity contribution in [1.82, 2.24) is 19.5 Å². The number of H-pyrrole nitrogens is 1. The molecule has 3 aromatic heterocycles. The predicted molar refractivity (Wildman–Crippen MR) is 103 cm³/mol. The van der Waals surface area contributed by atoms with Crippen LogP contribution in [0.4, 0.5) is 26.3 Å². The first-order chi connectivity index (χ1) is 13.6.